The largest absolute Gasteiger partial charge is 0.383 e. The van der Waals surface area contributed by atoms with E-state index >= 15 is 0 Å². The molecule has 0 bridgehead atoms. The topological polar surface area (TPSA) is 79.3 Å². The number of hydrogen-bond acceptors (Lipinski definition) is 4. The van der Waals surface area contributed by atoms with Gasteiger partial charge in [-0.05, 0) is 25.3 Å². The molecule has 0 spiro atoms. The van der Waals surface area contributed by atoms with Gasteiger partial charge in [-0.3, -0.25) is 4.79 Å². The Bertz CT molecular complexity index is 301. The molecule has 1 aliphatic rings. The summed E-state index contributed by atoms with van der Waals surface area (Å²) >= 11 is 0. The maximum absolute atomic E-state index is 12.4. The highest BCUT2D eigenvalue weighted by atomic mass is 16.5. The van der Waals surface area contributed by atoms with Crippen LogP contribution in [0.2, 0.25) is 0 Å². The minimum Gasteiger partial charge on any atom is -0.383 e. The van der Waals surface area contributed by atoms with Crippen molar-refractivity contribution in [1.82, 2.24) is 4.90 Å². The number of nitrogens with two attached hydrogens (primary N) is 1. The normalized spacial score (nSPS) is 22.7. The van der Waals surface area contributed by atoms with E-state index in [1.807, 2.05) is 0 Å². The number of methoxy groups -OCH3 is 1. The Morgan fingerprint density at radius 3 is 2.89 bits per heavy atom. The Hall–Kier alpha value is -1.12. The minimum absolute atomic E-state index is 0.0468. The molecule has 2 atom stereocenters. The molecule has 1 amide bonds. The van der Waals surface area contributed by atoms with Crippen LogP contribution in [0.3, 0.4) is 0 Å². The molecule has 102 valence electrons. The van der Waals surface area contributed by atoms with Crippen LogP contribution < -0.4 is 5.73 Å². The molecule has 0 aromatic rings. The summed E-state index contributed by atoms with van der Waals surface area (Å²) < 4.78 is 5.02. The highest BCUT2D eigenvalue weighted by molar-refractivity contribution is 5.79. The molecule has 1 aliphatic carbocycles. The van der Waals surface area contributed by atoms with Gasteiger partial charge in [0.1, 0.15) is 0 Å². The van der Waals surface area contributed by atoms with Gasteiger partial charge in [0.05, 0.1) is 19.1 Å². The van der Waals surface area contributed by atoms with Gasteiger partial charge in [0.25, 0.3) is 0 Å². The van der Waals surface area contributed by atoms with E-state index in [1.54, 1.807) is 12.0 Å². The second-order valence-corrected chi connectivity index (χ2v) is 4.76. The van der Waals surface area contributed by atoms with Crippen molar-refractivity contribution in [2.45, 2.75) is 25.7 Å². The van der Waals surface area contributed by atoms with E-state index in [1.165, 1.54) is 0 Å². The van der Waals surface area contributed by atoms with Crippen molar-refractivity contribution in [2.75, 3.05) is 33.4 Å². The Balaban J connectivity index is 2.59. The summed E-state index contributed by atoms with van der Waals surface area (Å²) in [4.78, 5) is 14.2. The quantitative estimate of drug-likeness (QED) is 0.726. The molecule has 5 nitrogen and oxygen atoms in total. The third-order valence-electron chi connectivity index (χ3n) is 3.65. The monoisotopic (exact) mass is 253 g/mol. The van der Waals surface area contributed by atoms with Crippen LogP contribution in [0.25, 0.3) is 0 Å². The van der Waals surface area contributed by atoms with Crippen molar-refractivity contribution >= 4 is 5.91 Å². The van der Waals surface area contributed by atoms with Gasteiger partial charge in [0, 0.05) is 26.1 Å². The fourth-order valence-electron chi connectivity index (χ4n) is 2.60. The van der Waals surface area contributed by atoms with Gasteiger partial charge in [-0.1, -0.05) is 6.42 Å². The molecular weight excluding hydrogens is 230 g/mol. The summed E-state index contributed by atoms with van der Waals surface area (Å²) in [5, 5.41) is 8.65. The van der Waals surface area contributed by atoms with Gasteiger partial charge >= 0.3 is 0 Å². The van der Waals surface area contributed by atoms with Gasteiger partial charge in [-0.25, -0.2) is 0 Å². The summed E-state index contributed by atoms with van der Waals surface area (Å²) in [6, 6.07) is 2.09. The van der Waals surface area contributed by atoms with E-state index in [2.05, 4.69) is 6.07 Å². The zero-order chi connectivity index (χ0) is 13.4. The molecule has 0 saturated heterocycles. The number of ether oxygens (including phenoxy) is 1. The van der Waals surface area contributed by atoms with E-state index < -0.39 is 0 Å². The lowest BCUT2D eigenvalue weighted by molar-refractivity contribution is -0.137. The SMILES string of the molecule is COCCN(CCC#N)C(=O)C1CCCC1CN. The van der Waals surface area contributed by atoms with Crippen LogP contribution in [0, 0.1) is 23.2 Å². The standard InChI is InChI=1S/C13H23N3O2/c1-18-9-8-16(7-3-6-14)13(17)12-5-2-4-11(12)10-15/h11-12H,2-5,7-10,15H2,1H3. The third-order valence-corrected chi connectivity index (χ3v) is 3.65. The maximum atomic E-state index is 12.4. The van der Waals surface area contributed by atoms with Gasteiger partial charge in [-0.2, -0.15) is 5.26 Å². The van der Waals surface area contributed by atoms with E-state index in [9.17, 15) is 4.79 Å². The Morgan fingerprint density at radius 1 is 1.50 bits per heavy atom. The Morgan fingerprint density at radius 2 is 2.28 bits per heavy atom. The second kappa shape index (κ2) is 8.06. The van der Waals surface area contributed by atoms with Gasteiger partial charge in [0.15, 0.2) is 0 Å². The smallest absolute Gasteiger partial charge is 0.226 e. The molecule has 1 fully saturated rings. The van der Waals surface area contributed by atoms with Crippen LogP contribution in [0.15, 0.2) is 0 Å². The van der Waals surface area contributed by atoms with Crippen LogP contribution in [0.1, 0.15) is 25.7 Å². The lowest BCUT2D eigenvalue weighted by Gasteiger charge is -2.27. The summed E-state index contributed by atoms with van der Waals surface area (Å²) in [6.45, 7) is 2.14. The fraction of sp³-hybridized carbons (Fsp3) is 0.846. The molecule has 0 aromatic carbocycles. The van der Waals surface area contributed by atoms with Crippen LogP contribution in [0.4, 0.5) is 0 Å². The molecular formula is C13H23N3O2. The van der Waals surface area contributed by atoms with Crippen LogP contribution in [-0.2, 0) is 9.53 Å². The summed E-state index contributed by atoms with van der Waals surface area (Å²) in [6.07, 6.45) is 3.42. The highest BCUT2D eigenvalue weighted by Gasteiger charge is 2.34. The molecule has 1 rings (SSSR count). The van der Waals surface area contributed by atoms with Crippen molar-refractivity contribution in [2.24, 2.45) is 17.6 Å². The van der Waals surface area contributed by atoms with Crippen molar-refractivity contribution in [3.8, 4) is 6.07 Å². The first-order valence-corrected chi connectivity index (χ1v) is 6.59. The molecule has 0 radical (unpaired) electrons. The number of nitriles is 1. The number of amides is 1. The van der Waals surface area contributed by atoms with E-state index in [0.29, 0.717) is 38.6 Å². The molecule has 18 heavy (non-hydrogen) atoms. The molecule has 0 heterocycles. The third kappa shape index (κ3) is 3.97. The highest BCUT2D eigenvalue weighted by Crippen LogP contribution is 2.32. The number of nitrogens with zero attached hydrogens (tertiary/aromatic N) is 2. The molecule has 0 aliphatic heterocycles. The number of carbonyl (C=O) groups is 1. The van der Waals surface area contributed by atoms with Gasteiger partial charge in [0.2, 0.25) is 5.91 Å². The first-order chi connectivity index (χ1) is 8.74. The fourth-order valence-corrected chi connectivity index (χ4v) is 2.60. The molecule has 1 saturated carbocycles. The molecule has 2 N–H and O–H groups in total. The van der Waals surface area contributed by atoms with Gasteiger partial charge < -0.3 is 15.4 Å². The zero-order valence-electron chi connectivity index (χ0n) is 11.1. The van der Waals surface area contributed by atoms with E-state index in [-0.39, 0.29) is 11.8 Å². The molecule has 0 aromatic heterocycles. The Labute approximate surface area is 109 Å². The summed E-state index contributed by atoms with van der Waals surface area (Å²) in [5.41, 5.74) is 5.71. The lowest BCUT2D eigenvalue weighted by atomic mass is 9.94. The maximum Gasteiger partial charge on any atom is 0.226 e. The summed E-state index contributed by atoms with van der Waals surface area (Å²) in [7, 11) is 1.62. The van der Waals surface area contributed by atoms with Crippen molar-refractivity contribution in [1.29, 1.82) is 5.26 Å². The first kappa shape index (κ1) is 14.9. The zero-order valence-corrected chi connectivity index (χ0v) is 11.1. The van der Waals surface area contributed by atoms with Crippen molar-refractivity contribution < 1.29 is 9.53 Å². The number of rotatable bonds is 7. The predicted octanol–water partition coefficient (Wildman–Crippen LogP) is 0.750. The van der Waals surface area contributed by atoms with E-state index in [4.69, 9.17) is 15.7 Å². The molecule has 5 heteroatoms. The van der Waals surface area contributed by atoms with Crippen LogP contribution in [0.5, 0.6) is 0 Å². The molecule has 2 unspecified atom stereocenters. The number of hydrogen-bond donors (Lipinski definition) is 1. The van der Waals surface area contributed by atoms with Gasteiger partial charge in [-0.15, -0.1) is 0 Å². The van der Waals surface area contributed by atoms with Crippen LogP contribution in [-0.4, -0.2) is 44.2 Å². The van der Waals surface area contributed by atoms with E-state index in [0.717, 1.165) is 19.3 Å². The first-order valence-electron chi connectivity index (χ1n) is 6.59. The van der Waals surface area contributed by atoms with Crippen molar-refractivity contribution in [3.63, 3.8) is 0 Å². The van der Waals surface area contributed by atoms with Crippen molar-refractivity contribution in [3.05, 3.63) is 0 Å². The number of carbonyl (C=O) groups excluding carboxylic acids is 1. The summed E-state index contributed by atoms with van der Waals surface area (Å²) in [5.74, 6) is 0.505. The Kier molecular flexibility index (Phi) is 6.69. The minimum atomic E-state index is 0.0468. The lowest BCUT2D eigenvalue weighted by Crippen LogP contribution is -2.41. The predicted molar refractivity (Wildman–Crippen MR) is 68.6 cm³/mol. The van der Waals surface area contributed by atoms with Crippen LogP contribution >= 0.6 is 0 Å². The average Bonchev–Trinajstić information content (AvgIpc) is 2.86. The second-order valence-electron chi connectivity index (χ2n) is 4.76. The average molecular weight is 253 g/mol.